The van der Waals surface area contributed by atoms with Crippen molar-refractivity contribution in [2.45, 2.75) is 0 Å². The van der Waals surface area contributed by atoms with E-state index in [0.717, 1.165) is 27.9 Å². The van der Waals surface area contributed by atoms with Crippen LogP contribution in [0.5, 0.6) is 0 Å². The topological polar surface area (TPSA) is 71.0 Å². The number of nitrogens with zero attached hydrogens (tertiary/aromatic N) is 1. The van der Waals surface area contributed by atoms with Gasteiger partial charge in [-0.3, -0.25) is 10.1 Å². The minimum atomic E-state index is -0.406. The van der Waals surface area contributed by atoms with Crippen molar-refractivity contribution in [1.29, 1.82) is 0 Å². The third-order valence-corrected chi connectivity index (χ3v) is 3.27. The summed E-state index contributed by atoms with van der Waals surface area (Å²) in [6.45, 7) is 4.04. The zero-order valence-corrected chi connectivity index (χ0v) is 11.2. The molecule has 0 bridgehead atoms. The maximum Gasteiger partial charge on any atom is 0.271 e. The summed E-state index contributed by atoms with van der Waals surface area (Å²) in [5.41, 5.74) is 3.36. The van der Waals surface area contributed by atoms with Crippen molar-refractivity contribution in [2.24, 2.45) is 0 Å². The fourth-order valence-electron chi connectivity index (χ4n) is 2.24. The zero-order chi connectivity index (χ0) is 14.8. The molecule has 0 unspecified atom stereocenters. The van der Waals surface area contributed by atoms with Crippen molar-refractivity contribution in [3.8, 4) is 0 Å². The lowest BCUT2D eigenvalue weighted by Crippen LogP contribution is -1.96. The Kier molecular flexibility index (Phi) is 3.16. The van der Waals surface area contributed by atoms with Crippen molar-refractivity contribution in [3.05, 3.63) is 77.0 Å². The van der Waals surface area contributed by atoms with Gasteiger partial charge in [-0.05, 0) is 18.2 Å². The molecule has 0 saturated heterocycles. The van der Waals surface area contributed by atoms with Gasteiger partial charge in [-0.1, -0.05) is 24.8 Å². The van der Waals surface area contributed by atoms with E-state index in [-0.39, 0.29) is 5.69 Å². The van der Waals surface area contributed by atoms with Crippen LogP contribution in [0.4, 0.5) is 11.4 Å². The van der Waals surface area contributed by atoms with E-state index in [2.05, 4.69) is 16.9 Å². The molecule has 104 valence electrons. The normalized spacial score (nSPS) is 10.5. The Bertz CT molecular complexity index is 822. The molecular weight excluding hydrogens is 266 g/mol. The van der Waals surface area contributed by atoms with E-state index in [9.17, 15) is 10.1 Å². The number of aromatic nitrogens is 1. The van der Waals surface area contributed by atoms with Crippen LogP contribution in [0.3, 0.4) is 0 Å². The van der Waals surface area contributed by atoms with Crippen LogP contribution in [0.15, 0.2) is 61.3 Å². The Balaban J connectivity index is 1.94. The van der Waals surface area contributed by atoms with Crippen LogP contribution in [0, 0.1) is 10.1 Å². The summed E-state index contributed by atoms with van der Waals surface area (Å²) in [4.78, 5) is 13.4. The van der Waals surface area contributed by atoms with E-state index < -0.39 is 4.92 Å². The highest BCUT2D eigenvalue weighted by Gasteiger charge is 2.11. The molecular formula is C16H13N3O2. The molecule has 3 rings (SSSR count). The Morgan fingerprint density at radius 3 is 2.67 bits per heavy atom. The lowest BCUT2D eigenvalue weighted by atomic mass is 10.1. The van der Waals surface area contributed by atoms with Gasteiger partial charge in [0, 0.05) is 40.7 Å². The number of benzene rings is 2. The van der Waals surface area contributed by atoms with Gasteiger partial charge in [0.15, 0.2) is 0 Å². The predicted molar refractivity (Wildman–Crippen MR) is 84.1 cm³/mol. The summed E-state index contributed by atoms with van der Waals surface area (Å²) in [6.07, 6.45) is 1.80. The van der Waals surface area contributed by atoms with Crippen LogP contribution < -0.4 is 5.32 Å². The molecule has 0 aliphatic heterocycles. The highest BCUT2D eigenvalue weighted by atomic mass is 16.6. The average molecular weight is 279 g/mol. The third kappa shape index (κ3) is 2.49. The number of nitrogens with one attached hydrogen (secondary N) is 2. The molecule has 0 saturated carbocycles. The van der Waals surface area contributed by atoms with E-state index in [1.165, 1.54) is 12.1 Å². The lowest BCUT2D eigenvalue weighted by Gasteiger charge is -2.08. The molecule has 2 aromatic carbocycles. The van der Waals surface area contributed by atoms with Gasteiger partial charge in [0.1, 0.15) is 0 Å². The fraction of sp³-hybridized carbons (Fsp3) is 0. The highest BCUT2D eigenvalue weighted by molar-refractivity contribution is 5.95. The van der Waals surface area contributed by atoms with Crippen molar-refractivity contribution in [2.75, 3.05) is 5.32 Å². The van der Waals surface area contributed by atoms with Crippen molar-refractivity contribution in [3.63, 3.8) is 0 Å². The van der Waals surface area contributed by atoms with Crippen LogP contribution in [0.2, 0.25) is 0 Å². The number of para-hydroxylation sites is 1. The van der Waals surface area contributed by atoms with Gasteiger partial charge in [-0.2, -0.15) is 0 Å². The molecule has 0 fully saturated rings. The smallest absolute Gasteiger partial charge is 0.271 e. The summed E-state index contributed by atoms with van der Waals surface area (Å²) in [6, 6.07) is 14.5. The maximum absolute atomic E-state index is 10.8. The first kappa shape index (κ1) is 12.9. The second-order valence-corrected chi connectivity index (χ2v) is 4.66. The molecule has 3 aromatic rings. The van der Waals surface area contributed by atoms with E-state index >= 15 is 0 Å². The molecule has 5 nitrogen and oxygen atoms in total. The zero-order valence-electron chi connectivity index (χ0n) is 11.2. The quantitative estimate of drug-likeness (QED) is 0.556. The van der Waals surface area contributed by atoms with Crippen LogP contribution in [0.25, 0.3) is 16.6 Å². The molecule has 1 heterocycles. The average Bonchev–Trinajstić information content (AvgIpc) is 2.91. The summed E-state index contributed by atoms with van der Waals surface area (Å²) < 4.78 is 0. The Hall–Kier alpha value is -3.08. The molecule has 0 atom stereocenters. The van der Waals surface area contributed by atoms with Crippen LogP contribution in [0.1, 0.15) is 5.56 Å². The largest absolute Gasteiger partial charge is 0.360 e. The van der Waals surface area contributed by atoms with Crippen molar-refractivity contribution >= 4 is 28.0 Å². The predicted octanol–water partition coefficient (Wildman–Crippen LogP) is 4.16. The Morgan fingerprint density at radius 2 is 1.95 bits per heavy atom. The second-order valence-electron chi connectivity index (χ2n) is 4.66. The standard InChI is InChI=1S/C16H13N3O2/c1-11(18-12-5-3-2-4-6-12)15-10-17-16-9-13(19(20)21)7-8-14(15)16/h2-10,17-18H,1H2. The number of aromatic amines is 1. The number of rotatable bonds is 4. The van der Waals surface area contributed by atoms with Gasteiger partial charge in [-0.15, -0.1) is 0 Å². The first-order valence-corrected chi connectivity index (χ1v) is 6.42. The molecule has 0 radical (unpaired) electrons. The van der Waals surface area contributed by atoms with Crippen molar-refractivity contribution in [1.82, 2.24) is 4.98 Å². The monoisotopic (exact) mass is 279 g/mol. The SMILES string of the molecule is C=C(Nc1ccccc1)c1c[nH]c2cc([N+](=O)[O-])ccc12. The summed E-state index contributed by atoms with van der Waals surface area (Å²) in [5, 5.41) is 14.9. The minimum Gasteiger partial charge on any atom is -0.360 e. The molecule has 1 aromatic heterocycles. The molecule has 0 aliphatic rings. The number of H-pyrrole nitrogens is 1. The lowest BCUT2D eigenvalue weighted by molar-refractivity contribution is -0.384. The highest BCUT2D eigenvalue weighted by Crippen LogP contribution is 2.27. The number of nitro benzene ring substituents is 1. The molecule has 0 spiro atoms. The molecule has 2 N–H and O–H groups in total. The van der Waals surface area contributed by atoms with E-state index in [1.54, 1.807) is 12.3 Å². The van der Waals surface area contributed by atoms with Gasteiger partial charge in [0.05, 0.1) is 10.4 Å². The van der Waals surface area contributed by atoms with Crippen molar-refractivity contribution < 1.29 is 4.92 Å². The van der Waals surface area contributed by atoms with Crippen LogP contribution >= 0.6 is 0 Å². The van der Waals surface area contributed by atoms with Crippen LogP contribution in [-0.2, 0) is 0 Å². The summed E-state index contributed by atoms with van der Waals surface area (Å²) in [7, 11) is 0. The van der Waals surface area contributed by atoms with Gasteiger partial charge < -0.3 is 10.3 Å². The minimum absolute atomic E-state index is 0.0672. The number of anilines is 1. The number of fused-ring (bicyclic) bond motifs is 1. The van der Waals surface area contributed by atoms with Gasteiger partial charge in [-0.25, -0.2) is 0 Å². The van der Waals surface area contributed by atoms with Gasteiger partial charge >= 0.3 is 0 Å². The van der Waals surface area contributed by atoms with E-state index in [0.29, 0.717) is 0 Å². The molecule has 0 aliphatic carbocycles. The summed E-state index contributed by atoms with van der Waals surface area (Å²) >= 11 is 0. The Labute approximate surface area is 121 Å². The van der Waals surface area contributed by atoms with Crippen LogP contribution in [-0.4, -0.2) is 9.91 Å². The van der Waals surface area contributed by atoms with E-state index in [4.69, 9.17) is 0 Å². The van der Waals surface area contributed by atoms with Gasteiger partial charge in [0.2, 0.25) is 0 Å². The second kappa shape index (κ2) is 5.13. The first-order chi connectivity index (χ1) is 10.1. The summed E-state index contributed by atoms with van der Waals surface area (Å²) in [5.74, 6) is 0. The molecule has 5 heteroatoms. The molecule has 0 amide bonds. The maximum atomic E-state index is 10.8. The fourth-order valence-corrected chi connectivity index (χ4v) is 2.24. The molecule has 21 heavy (non-hydrogen) atoms. The number of non-ortho nitro benzene ring substituents is 1. The number of hydrogen-bond donors (Lipinski definition) is 2. The Morgan fingerprint density at radius 1 is 1.19 bits per heavy atom. The third-order valence-electron chi connectivity index (χ3n) is 3.27. The first-order valence-electron chi connectivity index (χ1n) is 6.42. The number of hydrogen-bond acceptors (Lipinski definition) is 3. The van der Waals surface area contributed by atoms with E-state index in [1.807, 2.05) is 30.3 Å². The number of nitro groups is 1. The van der Waals surface area contributed by atoms with Gasteiger partial charge in [0.25, 0.3) is 5.69 Å².